The summed E-state index contributed by atoms with van der Waals surface area (Å²) < 4.78 is 11.7. The van der Waals surface area contributed by atoms with Crippen LogP contribution >= 0.6 is 15.9 Å². The van der Waals surface area contributed by atoms with Crippen LogP contribution in [0.1, 0.15) is 29.5 Å². The van der Waals surface area contributed by atoms with E-state index in [2.05, 4.69) is 45.5 Å². The number of nitrogens with one attached hydrogen (secondary N) is 1. The van der Waals surface area contributed by atoms with Crippen molar-refractivity contribution >= 4 is 28.0 Å². The maximum absolute atomic E-state index is 12.6. The average Bonchev–Trinajstić information content (AvgIpc) is 3.12. The Morgan fingerprint density at radius 1 is 0.906 bits per heavy atom. The molecule has 1 atom stereocenters. The molecule has 0 aromatic heterocycles. The standard InChI is InChI=1S/C26H24BrNO4/c1-2-31-25(29)24(15-17-11-13-18(27)14-12-17)28-26(30)32-16-23-21-9-5-3-7-19(21)20-8-4-6-10-22(20)23/h3-14,23-24H,2,15-16H2,1H3,(H,28,30)/t24-/m0/s1. The average molecular weight is 494 g/mol. The van der Waals surface area contributed by atoms with Crippen LogP contribution in [0.4, 0.5) is 4.79 Å². The number of rotatable bonds is 7. The van der Waals surface area contributed by atoms with Crippen molar-refractivity contribution in [3.8, 4) is 11.1 Å². The third-order valence-corrected chi connectivity index (χ3v) is 6.09. The molecule has 3 aromatic carbocycles. The zero-order chi connectivity index (χ0) is 22.5. The summed E-state index contributed by atoms with van der Waals surface area (Å²) in [5.74, 6) is -0.524. The van der Waals surface area contributed by atoms with E-state index in [0.29, 0.717) is 6.42 Å². The van der Waals surface area contributed by atoms with Crippen molar-refractivity contribution in [2.75, 3.05) is 13.2 Å². The Morgan fingerprint density at radius 2 is 1.50 bits per heavy atom. The van der Waals surface area contributed by atoms with Gasteiger partial charge in [0.1, 0.15) is 12.6 Å². The molecule has 0 heterocycles. The smallest absolute Gasteiger partial charge is 0.407 e. The van der Waals surface area contributed by atoms with Crippen LogP contribution in [0, 0.1) is 0 Å². The Morgan fingerprint density at radius 3 is 2.09 bits per heavy atom. The van der Waals surface area contributed by atoms with Crippen LogP contribution in [0.2, 0.25) is 0 Å². The Bertz CT molecular complexity index is 1070. The van der Waals surface area contributed by atoms with Gasteiger partial charge in [0, 0.05) is 16.8 Å². The van der Waals surface area contributed by atoms with Gasteiger partial charge in [0.05, 0.1) is 6.61 Å². The number of carbonyl (C=O) groups is 2. The lowest BCUT2D eigenvalue weighted by atomic mass is 9.98. The van der Waals surface area contributed by atoms with Crippen molar-refractivity contribution in [3.05, 3.63) is 94.0 Å². The van der Waals surface area contributed by atoms with Gasteiger partial charge in [-0.1, -0.05) is 76.6 Å². The highest BCUT2D eigenvalue weighted by molar-refractivity contribution is 9.10. The molecule has 1 amide bonds. The molecule has 0 bridgehead atoms. The zero-order valence-electron chi connectivity index (χ0n) is 17.7. The molecule has 0 saturated carbocycles. The molecular formula is C26H24BrNO4. The number of halogens is 1. The fraction of sp³-hybridized carbons (Fsp3) is 0.231. The van der Waals surface area contributed by atoms with Crippen LogP contribution in [0.15, 0.2) is 77.3 Å². The molecule has 164 valence electrons. The van der Waals surface area contributed by atoms with Crippen LogP contribution in [0.3, 0.4) is 0 Å². The molecule has 0 aliphatic heterocycles. The summed E-state index contributed by atoms with van der Waals surface area (Å²) in [6, 6.07) is 23.1. The molecule has 0 radical (unpaired) electrons. The molecule has 6 heteroatoms. The van der Waals surface area contributed by atoms with E-state index in [9.17, 15) is 9.59 Å². The predicted octanol–water partition coefficient (Wildman–Crippen LogP) is 5.46. The highest BCUT2D eigenvalue weighted by atomic mass is 79.9. The Hall–Kier alpha value is -3.12. The van der Waals surface area contributed by atoms with Crippen molar-refractivity contribution in [3.63, 3.8) is 0 Å². The van der Waals surface area contributed by atoms with E-state index in [4.69, 9.17) is 9.47 Å². The number of amides is 1. The van der Waals surface area contributed by atoms with Crippen molar-refractivity contribution in [2.24, 2.45) is 0 Å². The van der Waals surface area contributed by atoms with Gasteiger partial charge in [-0.25, -0.2) is 9.59 Å². The Balaban J connectivity index is 1.44. The van der Waals surface area contributed by atoms with Gasteiger partial charge in [0.25, 0.3) is 0 Å². The first-order valence-electron chi connectivity index (χ1n) is 10.6. The van der Waals surface area contributed by atoms with Crippen LogP contribution in [-0.4, -0.2) is 31.3 Å². The van der Waals surface area contributed by atoms with Gasteiger partial charge in [0.2, 0.25) is 0 Å². The van der Waals surface area contributed by atoms with Crippen LogP contribution < -0.4 is 5.32 Å². The molecule has 32 heavy (non-hydrogen) atoms. The maximum Gasteiger partial charge on any atom is 0.407 e. The third kappa shape index (κ3) is 4.86. The van der Waals surface area contributed by atoms with E-state index in [1.165, 1.54) is 0 Å². The highest BCUT2D eigenvalue weighted by Gasteiger charge is 2.30. The molecule has 0 spiro atoms. The second kappa shape index (κ2) is 10.0. The minimum Gasteiger partial charge on any atom is -0.464 e. The fourth-order valence-corrected chi connectivity index (χ4v) is 4.34. The molecular weight excluding hydrogens is 470 g/mol. The van der Waals surface area contributed by atoms with Crippen LogP contribution in [0.5, 0.6) is 0 Å². The SMILES string of the molecule is CCOC(=O)[C@H](Cc1ccc(Br)cc1)NC(=O)OCC1c2ccccc2-c2ccccc21. The van der Waals surface area contributed by atoms with E-state index in [0.717, 1.165) is 32.3 Å². The number of alkyl carbamates (subject to hydrolysis) is 1. The minimum atomic E-state index is -0.827. The number of hydrogen-bond acceptors (Lipinski definition) is 4. The summed E-state index contributed by atoms with van der Waals surface area (Å²) >= 11 is 3.40. The number of hydrogen-bond donors (Lipinski definition) is 1. The number of carbonyl (C=O) groups excluding carboxylic acids is 2. The highest BCUT2D eigenvalue weighted by Crippen LogP contribution is 2.44. The number of esters is 1. The normalized spacial score (nSPS) is 13.1. The first-order valence-corrected chi connectivity index (χ1v) is 11.4. The monoisotopic (exact) mass is 493 g/mol. The number of benzene rings is 3. The minimum absolute atomic E-state index is 0.0410. The van der Waals surface area contributed by atoms with Crippen LogP contribution in [0.25, 0.3) is 11.1 Å². The molecule has 1 aliphatic rings. The lowest BCUT2D eigenvalue weighted by Crippen LogP contribution is -2.44. The van der Waals surface area contributed by atoms with Crippen molar-refractivity contribution in [1.29, 1.82) is 0 Å². The van der Waals surface area contributed by atoms with Gasteiger partial charge >= 0.3 is 12.1 Å². The predicted molar refractivity (Wildman–Crippen MR) is 126 cm³/mol. The molecule has 3 aromatic rings. The summed E-state index contributed by atoms with van der Waals surface area (Å²) in [5.41, 5.74) is 5.51. The van der Waals surface area contributed by atoms with Gasteiger partial charge in [-0.2, -0.15) is 0 Å². The number of ether oxygens (including phenoxy) is 2. The van der Waals surface area contributed by atoms with Crippen molar-refractivity contribution in [2.45, 2.75) is 25.3 Å². The quantitative estimate of drug-likeness (QED) is 0.443. The molecule has 1 N–H and O–H groups in total. The summed E-state index contributed by atoms with van der Waals surface area (Å²) in [7, 11) is 0. The second-order valence-electron chi connectivity index (χ2n) is 7.61. The summed E-state index contributed by atoms with van der Waals surface area (Å²) in [4.78, 5) is 25.1. The van der Waals surface area contributed by atoms with Gasteiger partial charge in [-0.15, -0.1) is 0 Å². The first kappa shape index (κ1) is 22.1. The van der Waals surface area contributed by atoms with E-state index < -0.39 is 18.1 Å². The van der Waals surface area contributed by atoms with E-state index in [1.807, 2.05) is 48.5 Å². The van der Waals surface area contributed by atoms with Crippen molar-refractivity contribution in [1.82, 2.24) is 5.32 Å². The van der Waals surface area contributed by atoms with E-state index in [1.54, 1.807) is 6.92 Å². The molecule has 0 unspecified atom stereocenters. The summed E-state index contributed by atoms with van der Waals surface area (Å²) in [6.07, 6.45) is -0.321. The van der Waals surface area contributed by atoms with Gasteiger partial charge in [0.15, 0.2) is 0 Å². The zero-order valence-corrected chi connectivity index (χ0v) is 19.3. The topological polar surface area (TPSA) is 64.6 Å². The second-order valence-corrected chi connectivity index (χ2v) is 8.52. The molecule has 0 fully saturated rings. The maximum atomic E-state index is 12.6. The van der Waals surface area contributed by atoms with E-state index >= 15 is 0 Å². The third-order valence-electron chi connectivity index (χ3n) is 5.56. The van der Waals surface area contributed by atoms with Crippen molar-refractivity contribution < 1.29 is 19.1 Å². The molecule has 1 aliphatic carbocycles. The fourth-order valence-electron chi connectivity index (χ4n) is 4.07. The lowest BCUT2D eigenvalue weighted by molar-refractivity contribution is -0.145. The van der Waals surface area contributed by atoms with Gasteiger partial charge in [-0.05, 0) is 46.9 Å². The summed E-state index contributed by atoms with van der Waals surface area (Å²) in [5, 5.41) is 2.69. The van der Waals surface area contributed by atoms with Crippen LogP contribution in [-0.2, 0) is 20.7 Å². The molecule has 5 nitrogen and oxygen atoms in total. The van der Waals surface area contributed by atoms with Gasteiger partial charge in [-0.3, -0.25) is 0 Å². The molecule has 4 rings (SSSR count). The van der Waals surface area contributed by atoms with Gasteiger partial charge < -0.3 is 14.8 Å². The largest absolute Gasteiger partial charge is 0.464 e. The molecule has 0 saturated heterocycles. The summed E-state index contributed by atoms with van der Waals surface area (Å²) in [6.45, 7) is 2.16. The number of fused-ring (bicyclic) bond motifs is 3. The Labute approximate surface area is 195 Å². The first-order chi connectivity index (χ1) is 15.6. The Kier molecular flexibility index (Phi) is 6.90. The van der Waals surface area contributed by atoms with E-state index in [-0.39, 0.29) is 19.1 Å². The lowest BCUT2D eigenvalue weighted by Gasteiger charge is -2.19.